The van der Waals surface area contributed by atoms with Gasteiger partial charge in [0.25, 0.3) is 0 Å². The minimum atomic E-state index is -5.02. The minimum Gasteiger partial charge on any atom is -0.628 e. The summed E-state index contributed by atoms with van der Waals surface area (Å²) in [6.07, 6.45) is -8.95. The Kier molecular flexibility index (Phi) is 8.97. The molecule has 0 saturated carbocycles. The van der Waals surface area contributed by atoms with E-state index in [0.717, 1.165) is 5.56 Å². The molecule has 3 aliphatic rings. The molecular formula is C31H35F6N5O3. The quantitative estimate of drug-likeness (QED) is 0.295. The van der Waals surface area contributed by atoms with E-state index in [0.29, 0.717) is 42.8 Å². The van der Waals surface area contributed by atoms with Crippen molar-refractivity contribution in [3.8, 4) is 0 Å². The molecule has 3 heterocycles. The Hall–Kier alpha value is -3.59. The maximum absolute atomic E-state index is 14.6. The second kappa shape index (κ2) is 12.3. The number of ether oxygens (including phenoxy) is 1. The van der Waals surface area contributed by atoms with Crippen LogP contribution in [0.2, 0.25) is 0 Å². The van der Waals surface area contributed by atoms with E-state index in [4.69, 9.17) is 4.74 Å². The highest BCUT2D eigenvalue weighted by Gasteiger charge is 2.42. The van der Waals surface area contributed by atoms with Crippen LogP contribution in [0, 0.1) is 12.1 Å². The smallest absolute Gasteiger partial charge is 0.416 e. The number of halogens is 6. The van der Waals surface area contributed by atoms with Crippen molar-refractivity contribution in [2.75, 3.05) is 26.3 Å². The van der Waals surface area contributed by atoms with Crippen molar-refractivity contribution in [3.05, 3.63) is 93.0 Å². The average molecular weight is 640 g/mol. The maximum atomic E-state index is 14.6. The topological polar surface area (TPSA) is 93.1 Å². The lowest BCUT2D eigenvalue weighted by Gasteiger charge is -2.41. The van der Waals surface area contributed by atoms with Crippen LogP contribution in [0.1, 0.15) is 48.1 Å². The molecule has 4 N–H and O–H groups in total. The Labute approximate surface area is 256 Å². The van der Waals surface area contributed by atoms with Crippen molar-refractivity contribution in [1.29, 1.82) is 0 Å². The van der Waals surface area contributed by atoms with Crippen molar-refractivity contribution in [3.63, 3.8) is 0 Å². The lowest BCUT2D eigenvalue weighted by Crippen LogP contribution is -3.09. The van der Waals surface area contributed by atoms with Crippen molar-refractivity contribution in [2.24, 2.45) is 0 Å². The van der Waals surface area contributed by atoms with Gasteiger partial charge in [-0.25, -0.2) is 0 Å². The Bertz CT molecular complexity index is 1480. The molecule has 3 aliphatic heterocycles. The SMILES string of the molecule is CC(=O)NC1(C)CCN(C2/C=C(/c3ccccc3C)[NH+]([O-])C(Cc3cc(C(F)(F)F)cc(C(F)(F)F)c3)C3=C(NCNC3)O2)C1. The summed E-state index contributed by atoms with van der Waals surface area (Å²) in [6, 6.07) is 7.38. The highest BCUT2D eigenvalue weighted by molar-refractivity contribution is 5.73. The molecule has 0 spiro atoms. The van der Waals surface area contributed by atoms with Crippen LogP contribution in [0.4, 0.5) is 26.3 Å². The Balaban J connectivity index is 1.61. The summed E-state index contributed by atoms with van der Waals surface area (Å²) >= 11 is 0. The number of hydrogen-bond donors (Lipinski definition) is 4. The van der Waals surface area contributed by atoms with Gasteiger partial charge in [0.05, 0.1) is 28.9 Å². The van der Waals surface area contributed by atoms with Gasteiger partial charge < -0.3 is 25.6 Å². The fourth-order valence-electron chi connectivity index (χ4n) is 6.27. The third-order valence-corrected chi connectivity index (χ3v) is 8.39. The van der Waals surface area contributed by atoms with Crippen LogP contribution in [0.25, 0.3) is 5.70 Å². The highest BCUT2D eigenvalue weighted by Crippen LogP contribution is 2.37. The number of aryl methyl sites for hydroxylation is 1. The standard InChI is InChI=1S/C31H35F6N5O3/c1-18-6-4-5-7-23(18)26-14-27(41-9-8-29(3,16-41)40-19(2)43)45-28-24(15-38-17-39-28)25(42(26)44)12-20-10-21(30(32,33)34)13-22(11-20)31(35,36)37/h4-7,10-11,13-14,25,27,38-39,42H,8-9,12,15-17H2,1-3H3,(H,40,43)/b26-14-. The van der Waals surface area contributed by atoms with E-state index in [1.54, 1.807) is 24.3 Å². The maximum Gasteiger partial charge on any atom is 0.416 e. The van der Waals surface area contributed by atoms with Crippen molar-refractivity contribution in [1.82, 2.24) is 20.9 Å². The first kappa shape index (κ1) is 32.8. The first-order valence-electron chi connectivity index (χ1n) is 14.5. The highest BCUT2D eigenvalue weighted by atomic mass is 19.4. The van der Waals surface area contributed by atoms with E-state index < -0.39 is 52.8 Å². The molecular weight excluding hydrogens is 604 g/mol. The van der Waals surface area contributed by atoms with Gasteiger partial charge in [-0.2, -0.15) is 26.3 Å². The lowest BCUT2D eigenvalue weighted by atomic mass is 9.93. The number of carbonyl (C=O) groups is 1. The fourth-order valence-corrected chi connectivity index (χ4v) is 6.27. The predicted octanol–water partition coefficient (Wildman–Crippen LogP) is 3.69. The third kappa shape index (κ3) is 7.29. The zero-order chi connectivity index (χ0) is 32.7. The van der Waals surface area contributed by atoms with Gasteiger partial charge in [0.1, 0.15) is 11.7 Å². The van der Waals surface area contributed by atoms with Gasteiger partial charge >= 0.3 is 12.4 Å². The van der Waals surface area contributed by atoms with Crippen molar-refractivity contribution in [2.45, 2.75) is 63.8 Å². The predicted molar refractivity (Wildman–Crippen MR) is 154 cm³/mol. The van der Waals surface area contributed by atoms with E-state index in [1.165, 1.54) is 6.92 Å². The Morgan fingerprint density at radius 2 is 1.80 bits per heavy atom. The molecule has 4 atom stereocenters. The summed E-state index contributed by atoms with van der Waals surface area (Å²) in [5.41, 5.74) is -1.73. The van der Waals surface area contributed by atoms with Crippen LogP contribution in [0.5, 0.6) is 0 Å². The summed E-state index contributed by atoms with van der Waals surface area (Å²) in [5.74, 6) is 0.0636. The van der Waals surface area contributed by atoms with E-state index in [-0.39, 0.29) is 42.3 Å². The molecule has 0 aromatic heterocycles. The zero-order valence-electron chi connectivity index (χ0n) is 25.0. The number of benzene rings is 2. The summed E-state index contributed by atoms with van der Waals surface area (Å²) in [4.78, 5) is 13.8. The molecule has 0 radical (unpaired) electrons. The molecule has 45 heavy (non-hydrogen) atoms. The van der Waals surface area contributed by atoms with Crippen LogP contribution < -0.4 is 21.0 Å². The number of hydroxylamine groups is 2. The monoisotopic (exact) mass is 639 g/mol. The van der Waals surface area contributed by atoms with Crippen LogP contribution >= 0.6 is 0 Å². The molecule has 1 amide bonds. The number of hydrogen-bond acceptors (Lipinski definition) is 6. The summed E-state index contributed by atoms with van der Waals surface area (Å²) < 4.78 is 88.7. The number of nitrogens with one attached hydrogen (secondary N) is 4. The molecule has 5 rings (SSSR count). The number of amides is 1. The number of carbonyl (C=O) groups excluding carboxylic acids is 1. The largest absolute Gasteiger partial charge is 0.628 e. The minimum absolute atomic E-state index is 0.0784. The fraction of sp³-hybridized carbons (Fsp3) is 0.452. The van der Waals surface area contributed by atoms with Crippen molar-refractivity contribution < 1.29 is 40.9 Å². The molecule has 14 heteroatoms. The number of rotatable bonds is 5. The molecule has 0 aliphatic carbocycles. The molecule has 0 bridgehead atoms. The van der Waals surface area contributed by atoms with Gasteiger partial charge in [0.2, 0.25) is 5.91 Å². The van der Waals surface area contributed by atoms with Crippen molar-refractivity contribution >= 4 is 11.6 Å². The second-order valence-corrected chi connectivity index (χ2v) is 12.0. The van der Waals surface area contributed by atoms with E-state index in [9.17, 15) is 36.3 Å². The molecule has 1 saturated heterocycles. The Morgan fingerprint density at radius 1 is 1.13 bits per heavy atom. The van der Waals surface area contributed by atoms with Gasteiger partial charge in [-0.15, -0.1) is 0 Å². The van der Waals surface area contributed by atoms with Gasteiger partial charge in [-0.05, 0) is 55.7 Å². The summed E-state index contributed by atoms with van der Waals surface area (Å²) in [7, 11) is 0. The molecule has 1 fully saturated rings. The number of nitrogens with zero attached hydrogens (tertiary/aromatic N) is 1. The van der Waals surface area contributed by atoms with Gasteiger partial charge in [0.15, 0.2) is 12.1 Å². The van der Waals surface area contributed by atoms with Crippen LogP contribution in [-0.2, 0) is 28.3 Å². The molecule has 2 aromatic carbocycles. The molecule has 4 unspecified atom stereocenters. The van der Waals surface area contributed by atoms with E-state index in [1.807, 2.05) is 24.8 Å². The van der Waals surface area contributed by atoms with Gasteiger partial charge in [-0.3, -0.25) is 15.0 Å². The van der Waals surface area contributed by atoms with E-state index >= 15 is 0 Å². The number of likely N-dealkylation sites (tertiary alicyclic amines) is 1. The van der Waals surface area contributed by atoms with Gasteiger partial charge in [0, 0.05) is 44.6 Å². The summed E-state index contributed by atoms with van der Waals surface area (Å²) in [6.45, 7) is 6.51. The van der Waals surface area contributed by atoms with Gasteiger partial charge in [-0.1, -0.05) is 18.2 Å². The van der Waals surface area contributed by atoms with E-state index in [2.05, 4.69) is 16.0 Å². The summed E-state index contributed by atoms with van der Waals surface area (Å²) in [5, 5.41) is 23.3. The lowest BCUT2D eigenvalue weighted by molar-refractivity contribution is -0.793. The van der Waals surface area contributed by atoms with Crippen LogP contribution in [0.3, 0.4) is 0 Å². The first-order valence-corrected chi connectivity index (χ1v) is 14.5. The Morgan fingerprint density at radius 3 is 2.42 bits per heavy atom. The third-order valence-electron chi connectivity index (χ3n) is 8.39. The second-order valence-electron chi connectivity index (χ2n) is 12.0. The first-order chi connectivity index (χ1) is 21.0. The van der Waals surface area contributed by atoms with Crippen LogP contribution in [-0.4, -0.2) is 54.9 Å². The molecule has 244 valence electrons. The van der Waals surface area contributed by atoms with Crippen LogP contribution in [0.15, 0.2) is 60.0 Å². The average Bonchev–Trinajstić information content (AvgIpc) is 3.33. The molecule has 2 aromatic rings. The normalized spacial score (nSPS) is 27.4. The molecule has 8 nitrogen and oxygen atoms in total. The zero-order valence-corrected chi connectivity index (χ0v) is 25.0. The number of quaternary nitrogens is 1. The number of alkyl halides is 6.